The van der Waals surface area contributed by atoms with Gasteiger partial charge in [-0.3, -0.25) is 19.7 Å². The fourth-order valence-corrected chi connectivity index (χ4v) is 3.97. The molecule has 0 aliphatic carbocycles. The van der Waals surface area contributed by atoms with Crippen molar-refractivity contribution >= 4 is 34.0 Å². The molecule has 3 aromatic carbocycles. The van der Waals surface area contributed by atoms with Crippen LogP contribution in [0.2, 0.25) is 0 Å². The van der Waals surface area contributed by atoms with Crippen LogP contribution in [-0.4, -0.2) is 54.4 Å². The van der Waals surface area contributed by atoms with E-state index in [1.807, 2.05) is 42.5 Å². The number of rotatable bonds is 6. The number of benzene rings is 3. The van der Waals surface area contributed by atoms with Crippen molar-refractivity contribution in [3.8, 4) is 0 Å². The summed E-state index contributed by atoms with van der Waals surface area (Å²) in [4.78, 5) is 39.2. The molecule has 32 heavy (non-hydrogen) atoms. The van der Waals surface area contributed by atoms with E-state index in [9.17, 15) is 19.7 Å². The second-order valence-corrected chi connectivity index (χ2v) is 7.73. The number of non-ortho nitro benzene ring substituents is 1. The van der Waals surface area contributed by atoms with Gasteiger partial charge in [0.15, 0.2) is 0 Å². The van der Waals surface area contributed by atoms with Gasteiger partial charge in [-0.1, -0.05) is 42.5 Å². The summed E-state index contributed by atoms with van der Waals surface area (Å²) in [7, 11) is 0. The number of nitro groups is 1. The summed E-state index contributed by atoms with van der Waals surface area (Å²) in [6.07, 6.45) is 0.225. The third kappa shape index (κ3) is 4.85. The molecule has 1 fully saturated rings. The minimum absolute atomic E-state index is 0.0267. The summed E-state index contributed by atoms with van der Waals surface area (Å²) in [6.45, 7) is 2.31. The molecule has 8 nitrogen and oxygen atoms in total. The molecule has 1 heterocycles. The Bertz CT molecular complexity index is 1130. The zero-order chi connectivity index (χ0) is 22.5. The maximum absolute atomic E-state index is 12.5. The molecule has 0 aromatic heterocycles. The molecule has 0 bridgehead atoms. The highest BCUT2D eigenvalue weighted by Gasteiger charge is 2.22. The van der Waals surface area contributed by atoms with Crippen molar-refractivity contribution in [3.63, 3.8) is 0 Å². The molecule has 8 heteroatoms. The molecule has 0 spiro atoms. The first-order chi connectivity index (χ1) is 15.5. The standard InChI is InChI=1S/C24H24N4O4/c29-23(16-19-6-3-5-18-4-1-2-7-22(18)19)25-17-24(30)27-14-12-26(13-15-27)20-8-10-21(11-9-20)28(31)32/h1-11H,12-17H2,(H,25,29). The first-order valence-corrected chi connectivity index (χ1v) is 10.5. The Hall–Kier alpha value is -3.94. The molecule has 2 amide bonds. The van der Waals surface area contributed by atoms with Gasteiger partial charge in [0.1, 0.15) is 0 Å². The van der Waals surface area contributed by atoms with Crippen molar-refractivity contribution < 1.29 is 14.5 Å². The lowest BCUT2D eigenvalue weighted by molar-refractivity contribution is -0.384. The minimum atomic E-state index is -0.422. The van der Waals surface area contributed by atoms with Crippen LogP contribution in [-0.2, 0) is 16.0 Å². The van der Waals surface area contributed by atoms with Gasteiger partial charge in [-0.15, -0.1) is 0 Å². The molecule has 0 unspecified atom stereocenters. The van der Waals surface area contributed by atoms with Crippen LogP contribution >= 0.6 is 0 Å². The lowest BCUT2D eigenvalue weighted by Crippen LogP contribution is -2.51. The molecule has 4 rings (SSSR count). The summed E-state index contributed by atoms with van der Waals surface area (Å²) in [5.41, 5.74) is 1.89. The second kappa shape index (κ2) is 9.47. The number of carbonyl (C=O) groups excluding carboxylic acids is 2. The molecule has 1 saturated heterocycles. The number of nitrogens with one attached hydrogen (secondary N) is 1. The van der Waals surface area contributed by atoms with Crippen LogP contribution in [0.25, 0.3) is 10.8 Å². The number of nitrogens with zero attached hydrogens (tertiary/aromatic N) is 3. The molecule has 3 aromatic rings. The molecule has 1 aliphatic heterocycles. The normalized spacial score (nSPS) is 13.8. The Morgan fingerprint density at radius 2 is 1.59 bits per heavy atom. The first kappa shape index (κ1) is 21.3. The maximum Gasteiger partial charge on any atom is 0.269 e. The molecule has 1 N–H and O–H groups in total. The number of anilines is 1. The van der Waals surface area contributed by atoms with Crippen molar-refractivity contribution in [1.82, 2.24) is 10.2 Å². The van der Waals surface area contributed by atoms with Gasteiger partial charge >= 0.3 is 0 Å². The van der Waals surface area contributed by atoms with Gasteiger partial charge in [0.2, 0.25) is 11.8 Å². The van der Waals surface area contributed by atoms with E-state index in [-0.39, 0.29) is 30.5 Å². The number of hydrogen-bond donors (Lipinski definition) is 1. The highest BCUT2D eigenvalue weighted by molar-refractivity contribution is 5.91. The monoisotopic (exact) mass is 432 g/mol. The van der Waals surface area contributed by atoms with Gasteiger partial charge in [0.25, 0.3) is 5.69 Å². The highest BCUT2D eigenvalue weighted by atomic mass is 16.6. The average molecular weight is 432 g/mol. The summed E-state index contributed by atoms with van der Waals surface area (Å²) in [5.74, 6) is -0.293. The molecule has 164 valence electrons. The van der Waals surface area contributed by atoms with Crippen molar-refractivity contribution in [1.29, 1.82) is 0 Å². The van der Waals surface area contributed by atoms with E-state index < -0.39 is 4.92 Å². The van der Waals surface area contributed by atoms with Crippen LogP contribution < -0.4 is 10.2 Å². The first-order valence-electron chi connectivity index (χ1n) is 10.5. The van der Waals surface area contributed by atoms with E-state index in [1.165, 1.54) is 12.1 Å². The maximum atomic E-state index is 12.5. The SMILES string of the molecule is O=C(Cc1cccc2ccccc12)NCC(=O)N1CCN(c2ccc([N+](=O)[O-])cc2)CC1. The van der Waals surface area contributed by atoms with Crippen LogP contribution in [0.1, 0.15) is 5.56 Å². The van der Waals surface area contributed by atoms with Gasteiger partial charge in [0, 0.05) is 44.0 Å². The topological polar surface area (TPSA) is 95.8 Å². The summed E-state index contributed by atoms with van der Waals surface area (Å²) < 4.78 is 0. The van der Waals surface area contributed by atoms with Crippen LogP contribution in [0.4, 0.5) is 11.4 Å². The van der Waals surface area contributed by atoms with Crippen LogP contribution in [0.5, 0.6) is 0 Å². The molecular formula is C24H24N4O4. The lowest BCUT2D eigenvalue weighted by atomic mass is 10.0. The Balaban J connectivity index is 1.26. The van der Waals surface area contributed by atoms with E-state index in [4.69, 9.17) is 0 Å². The summed E-state index contributed by atoms with van der Waals surface area (Å²) in [6, 6.07) is 20.2. The van der Waals surface area contributed by atoms with Crippen molar-refractivity contribution in [2.45, 2.75) is 6.42 Å². The molecular weight excluding hydrogens is 408 g/mol. The van der Waals surface area contributed by atoms with E-state index in [1.54, 1.807) is 17.0 Å². The smallest absolute Gasteiger partial charge is 0.269 e. The molecule has 0 atom stereocenters. The zero-order valence-corrected chi connectivity index (χ0v) is 17.6. The van der Waals surface area contributed by atoms with Crippen molar-refractivity contribution in [2.75, 3.05) is 37.6 Å². The lowest BCUT2D eigenvalue weighted by Gasteiger charge is -2.36. The largest absolute Gasteiger partial charge is 0.368 e. The van der Waals surface area contributed by atoms with Crippen LogP contribution in [0.15, 0.2) is 66.7 Å². The third-order valence-electron chi connectivity index (χ3n) is 5.73. The van der Waals surface area contributed by atoms with Crippen molar-refractivity contribution in [2.24, 2.45) is 0 Å². The minimum Gasteiger partial charge on any atom is -0.368 e. The Kier molecular flexibility index (Phi) is 6.30. The van der Waals surface area contributed by atoms with Gasteiger partial charge < -0.3 is 15.1 Å². The van der Waals surface area contributed by atoms with Gasteiger partial charge in [0.05, 0.1) is 17.9 Å². The molecule has 0 radical (unpaired) electrons. The Morgan fingerprint density at radius 3 is 2.31 bits per heavy atom. The predicted octanol–water partition coefficient (Wildman–Crippen LogP) is 2.76. The van der Waals surface area contributed by atoms with Crippen LogP contribution in [0, 0.1) is 10.1 Å². The number of fused-ring (bicyclic) bond motifs is 1. The number of hydrogen-bond acceptors (Lipinski definition) is 5. The predicted molar refractivity (Wildman–Crippen MR) is 123 cm³/mol. The quantitative estimate of drug-likeness (QED) is 0.477. The third-order valence-corrected chi connectivity index (χ3v) is 5.73. The zero-order valence-electron chi connectivity index (χ0n) is 17.6. The highest BCUT2D eigenvalue weighted by Crippen LogP contribution is 2.21. The number of amides is 2. The van der Waals surface area contributed by atoms with Crippen molar-refractivity contribution in [3.05, 3.63) is 82.4 Å². The van der Waals surface area contributed by atoms with Gasteiger partial charge in [-0.25, -0.2) is 0 Å². The second-order valence-electron chi connectivity index (χ2n) is 7.73. The van der Waals surface area contributed by atoms with E-state index in [0.29, 0.717) is 26.2 Å². The van der Waals surface area contributed by atoms with Gasteiger partial charge in [-0.05, 0) is 28.5 Å². The summed E-state index contributed by atoms with van der Waals surface area (Å²) in [5, 5.41) is 15.7. The number of piperazine rings is 1. The number of nitro benzene ring substituents is 1. The molecule has 0 saturated carbocycles. The van der Waals surface area contributed by atoms with E-state index >= 15 is 0 Å². The Morgan fingerprint density at radius 1 is 0.906 bits per heavy atom. The van der Waals surface area contributed by atoms with E-state index in [2.05, 4.69) is 10.2 Å². The summed E-state index contributed by atoms with van der Waals surface area (Å²) >= 11 is 0. The average Bonchev–Trinajstić information content (AvgIpc) is 2.83. The Labute approximate surface area is 185 Å². The van der Waals surface area contributed by atoms with Crippen LogP contribution in [0.3, 0.4) is 0 Å². The molecule has 1 aliphatic rings. The fourth-order valence-electron chi connectivity index (χ4n) is 3.97. The van der Waals surface area contributed by atoms with E-state index in [0.717, 1.165) is 22.0 Å². The fraction of sp³-hybridized carbons (Fsp3) is 0.250. The van der Waals surface area contributed by atoms with Gasteiger partial charge in [-0.2, -0.15) is 0 Å². The number of carbonyl (C=O) groups is 2.